The summed E-state index contributed by atoms with van der Waals surface area (Å²) in [5, 5.41) is 9.67. The van der Waals surface area contributed by atoms with Crippen molar-refractivity contribution in [2.75, 3.05) is 27.2 Å². The van der Waals surface area contributed by atoms with Crippen LogP contribution in [0.3, 0.4) is 0 Å². The highest BCUT2D eigenvalue weighted by Crippen LogP contribution is 2.30. The highest BCUT2D eigenvalue weighted by Gasteiger charge is 2.19. The third-order valence-corrected chi connectivity index (χ3v) is 5.60. The van der Waals surface area contributed by atoms with Crippen molar-refractivity contribution in [2.45, 2.75) is 25.3 Å². The number of rotatable bonds is 6. The lowest BCUT2D eigenvalue weighted by Crippen LogP contribution is -2.40. The molecule has 1 aromatic heterocycles. The van der Waals surface area contributed by atoms with Gasteiger partial charge in [-0.15, -0.1) is 11.3 Å². The summed E-state index contributed by atoms with van der Waals surface area (Å²) in [6, 6.07) is 11.3. The van der Waals surface area contributed by atoms with Crippen LogP contribution in [0.5, 0.6) is 0 Å². The van der Waals surface area contributed by atoms with Crippen LogP contribution in [0.15, 0.2) is 35.7 Å². The normalized spacial score (nSPS) is 14.5. The van der Waals surface area contributed by atoms with Crippen molar-refractivity contribution in [3.63, 3.8) is 0 Å². The number of thiophene rings is 1. The van der Waals surface area contributed by atoms with Gasteiger partial charge in [0.25, 0.3) is 0 Å². The van der Waals surface area contributed by atoms with Gasteiger partial charge in [0, 0.05) is 18.0 Å². The van der Waals surface area contributed by atoms with Gasteiger partial charge in [-0.05, 0) is 73.7 Å². The number of benzene rings is 1. The maximum Gasteiger partial charge on any atom is 0.167 e. The zero-order valence-electron chi connectivity index (χ0n) is 14.3. The Morgan fingerprint density at radius 3 is 2.83 bits per heavy atom. The summed E-state index contributed by atoms with van der Waals surface area (Å²) in [7, 11) is 4.13. The predicted octanol–water partition coefficient (Wildman–Crippen LogP) is 3.35. The first-order chi connectivity index (χ1) is 11.6. The lowest BCUT2D eigenvalue weighted by Gasteiger charge is -2.22. The van der Waals surface area contributed by atoms with E-state index in [0.717, 1.165) is 18.2 Å². The predicted molar refractivity (Wildman–Crippen MR) is 107 cm³/mol. The first-order valence-corrected chi connectivity index (χ1v) is 9.76. The molecule has 128 valence electrons. The molecule has 1 aliphatic carbocycles. The fourth-order valence-corrected chi connectivity index (χ4v) is 4.14. The van der Waals surface area contributed by atoms with Crippen molar-refractivity contribution in [2.24, 2.45) is 0 Å². The number of thiocarbonyl (C=S) groups is 1. The topological polar surface area (TPSA) is 27.3 Å². The van der Waals surface area contributed by atoms with Gasteiger partial charge in [-0.3, -0.25) is 0 Å². The Bertz CT molecular complexity index is 680. The van der Waals surface area contributed by atoms with Gasteiger partial charge < -0.3 is 15.5 Å². The number of likely N-dealkylation sites (N-methyl/N-ethyl adjacent to an activating group) is 1. The summed E-state index contributed by atoms with van der Waals surface area (Å²) >= 11 is 7.29. The number of nitrogens with one attached hydrogen (secondary N) is 2. The molecular formula is C19H25N3S2. The van der Waals surface area contributed by atoms with E-state index in [1.54, 1.807) is 11.3 Å². The second-order valence-electron chi connectivity index (χ2n) is 6.53. The molecule has 0 saturated carbocycles. The van der Waals surface area contributed by atoms with E-state index >= 15 is 0 Å². The van der Waals surface area contributed by atoms with E-state index < -0.39 is 0 Å². The van der Waals surface area contributed by atoms with Gasteiger partial charge in [-0.2, -0.15) is 0 Å². The number of hydrogen-bond acceptors (Lipinski definition) is 3. The monoisotopic (exact) mass is 359 g/mol. The zero-order chi connectivity index (χ0) is 16.9. The molecule has 0 aliphatic heterocycles. The van der Waals surface area contributed by atoms with Gasteiger partial charge in [0.15, 0.2) is 5.11 Å². The molecule has 0 amide bonds. The van der Waals surface area contributed by atoms with Crippen LogP contribution in [0.2, 0.25) is 0 Å². The molecule has 1 heterocycles. The first-order valence-electron chi connectivity index (χ1n) is 8.47. The molecule has 0 spiro atoms. The van der Waals surface area contributed by atoms with Crippen LogP contribution in [0.25, 0.3) is 0 Å². The molecule has 2 aromatic rings. The molecule has 2 N–H and O–H groups in total. The van der Waals surface area contributed by atoms with Gasteiger partial charge >= 0.3 is 0 Å². The molecule has 3 rings (SSSR count). The standard InChI is InChI=1S/C19H25N3S2/c1-22(2)11-10-20-19(23)21-18(17-7-4-12-24-17)16-9-8-14-5-3-6-15(14)13-16/h4,7-9,12-13,18H,3,5-6,10-11H2,1-2H3,(H2,20,21,23). The fourth-order valence-electron chi connectivity index (χ4n) is 3.12. The minimum atomic E-state index is 0.121. The molecule has 0 fully saturated rings. The molecule has 0 bridgehead atoms. The van der Waals surface area contributed by atoms with Gasteiger partial charge in [0.05, 0.1) is 6.04 Å². The van der Waals surface area contributed by atoms with Crippen molar-refractivity contribution in [3.05, 3.63) is 57.3 Å². The first kappa shape index (κ1) is 17.4. The summed E-state index contributed by atoms with van der Waals surface area (Å²) < 4.78 is 0. The summed E-state index contributed by atoms with van der Waals surface area (Å²) in [5.41, 5.74) is 4.31. The van der Waals surface area contributed by atoms with Crippen LogP contribution in [0.4, 0.5) is 0 Å². The third-order valence-electron chi connectivity index (χ3n) is 4.40. The Hall–Kier alpha value is -1.43. The molecule has 0 saturated heterocycles. The zero-order valence-corrected chi connectivity index (χ0v) is 16.0. The van der Waals surface area contributed by atoms with Crippen LogP contribution in [0.1, 0.15) is 34.0 Å². The average molecular weight is 360 g/mol. The number of hydrogen-bond donors (Lipinski definition) is 2. The van der Waals surface area contributed by atoms with Crippen molar-refractivity contribution in [1.29, 1.82) is 0 Å². The molecule has 1 aromatic carbocycles. The van der Waals surface area contributed by atoms with E-state index in [4.69, 9.17) is 12.2 Å². The molecule has 3 nitrogen and oxygen atoms in total. The van der Waals surface area contributed by atoms with E-state index in [1.807, 2.05) is 0 Å². The van der Waals surface area contributed by atoms with Crippen LogP contribution in [-0.2, 0) is 12.8 Å². The van der Waals surface area contributed by atoms with E-state index in [1.165, 1.54) is 40.8 Å². The fraction of sp³-hybridized carbons (Fsp3) is 0.421. The second-order valence-corrected chi connectivity index (χ2v) is 7.92. The Labute approximate surface area is 154 Å². The van der Waals surface area contributed by atoms with Crippen LogP contribution in [-0.4, -0.2) is 37.2 Å². The quantitative estimate of drug-likeness (QED) is 0.774. The van der Waals surface area contributed by atoms with E-state index in [9.17, 15) is 0 Å². The van der Waals surface area contributed by atoms with Crippen molar-refractivity contribution in [1.82, 2.24) is 15.5 Å². The smallest absolute Gasteiger partial charge is 0.167 e. The number of aryl methyl sites for hydroxylation is 2. The third kappa shape index (κ3) is 4.35. The van der Waals surface area contributed by atoms with E-state index in [-0.39, 0.29) is 6.04 Å². The number of nitrogens with zero attached hydrogens (tertiary/aromatic N) is 1. The molecular weight excluding hydrogens is 334 g/mol. The Balaban J connectivity index is 1.74. The Morgan fingerprint density at radius 1 is 1.25 bits per heavy atom. The molecule has 5 heteroatoms. The molecule has 1 atom stereocenters. The van der Waals surface area contributed by atoms with Crippen molar-refractivity contribution < 1.29 is 0 Å². The van der Waals surface area contributed by atoms with Gasteiger partial charge in [0.1, 0.15) is 0 Å². The van der Waals surface area contributed by atoms with Crippen LogP contribution >= 0.6 is 23.6 Å². The number of fused-ring (bicyclic) bond motifs is 1. The molecule has 24 heavy (non-hydrogen) atoms. The Morgan fingerprint density at radius 2 is 2.08 bits per heavy atom. The maximum absolute atomic E-state index is 5.52. The van der Waals surface area contributed by atoms with Crippen molar-refractivity contribution >= 4 is 28.7 Å². The highest BCUT2D eigenvalue weighted by atomic mass is 32.1. The molecule has 1 aliphatic rings. The maximum atomic E-state index is 5.52. The van der Waals surface area contributed by atoms with E-state index in [0.29, 0.717) is 0 Å². The summed E-state index contributed by atoms with van der Waals surface area (Å²) in [6.07, 6.45) is 3.70. The van der Waals surface area contributed by atoms with Gasteiger partial charge in [0.2, 0.25) is 0 Å². The average Bonchev–Trinajstić information content (AvgIpc) is 3.23. The van der Waals surface area contributed by atoms with Crippen LogP contribution in [0, 0.1) is 0 Å². The summed E-state index contributed by atoms with van der Waals surface area (Å²) in [4.78, 5) is 3.44. The largest absolute Gasteiger partial charge is 0.361 e. The lowest BCUT2D eigenvalue weighted by molar-refractivity contribution is 0.412. The van der Waals surface area contributed by atoms with E-state index in [2.05, 4.69) is 65.3 Å². The van der Waals surface area contributed by atoms with Gasteiger partial charge in [-0.1, -0.05) is 24.3 Å². The van der Waals surface area contributed by atoms with Crippen LogP contribution < -0.4 is 10.6 Å². The SMILES string of the molecule is CN(C)CCNC(=S)NC(c1ccc2c(c1)CCC2)c1cccs1. The highest BCUT2D eigenvalue weighted by molar-refractivity contribution is 7.80. The summed E-state index contributed by atoms with van der Waals surface area (Å²) in [6.45, 7) is 1.81. The second kappa shape index (κ2) is 8.10. The molecule has 0 radical (unpaired) electrons. The minimum absolute atomic E-state index is 0.121. The Kier molecular flexibility index (Phi) is 5.87. The lowest BCUT2D eigenvalue weighted by atomic mass is 10.00. The summed E-state index contributed by atoms with van der Waals surface area (Å²) in [5.74, 6) is 0. The van der Waals surface area contributed by atoms with Crippen molar-refractivity contribution in [3.8, 4) is 0 Å². The van der Waals surface area contributed by atoms with Gasteiger partial charge in [-0.25, -0.2) is 0 Å². The minimum Gasteiger partial charge on any atom is -0.361 e. The molecule has 1 unspecified atom stereocenters.